The predicted molar refractivity (Wildman–Crippen MR) is 114 cm³/mol. The summed E-state index contributed by atoms with van der Waals surface area (Å²) in [5, 5.41) is 7.44. The standard InChI is InChI=1S/C23H38N4O2/c1-24-22(26-19-18-10-14-29-20(18)23(19)11-5-6-12-23)25-17-9-13-27(15-17)21(28)16-7-3-2-4-8-16/h16-20H,2-15H2,1H3,(H2,24,25,26). The molecule has 29 heavy (non-hydrogen) atoms. The molecule has 2 N–H and O–H groups in total. The summed E-state index contributed by atoms with van der Waals surface area (Å²) in [6.45, 7) is 2.62. The first kappa shape index (κ1) is 19.7. The quantitative estimate of drug-likeness (QED) is 0.563. The molecule has 3 aliphatic carbocycles. The number of ether oxygens (including phenoxy) is 1. The Hall–Kier alpha value is -1.30. The molecule has 5 rings (SSSR count). The van der Waals surface area contributed by atoms with E-state index >= 15 is 0 Å². The minimum atomic E-state index is 0.274. The second kappa shape index (κ2) is 8.09. The third-order valence-electron chi connectivity index (χ3n) is 8.60. The van der Waals surface area contributed by atoms with Gasteiger partial charge >= 0.3 is 0 Å². The molecule has 0 bridgehead atoms. The van der Waals surface area contributed by atoms with Crippen LogP contribution >= 0.6 is 0 Å². The molecule has 0 aromatic rings. The molecular weight excluding hydrogens is 364 g/mol. The molecule has 162 valence electrons. The number of nitrogens with zero attached hydrogens (tertiary/aromatic N) is 2. The molecule has 2 saturated heterocycles. The molecule has 2 aliphatic heterocycles. The van der Waals surface area contributed by atoms with Crippen molar-refractivity contribution >= 4 is 11.9 Å². The average Bonchev–Trinajstić information content (AvgIpc) is 3.51. The van der Waals surface area contributed by atoms with E-state index in [0.29, 0.717) is 35.4 Å². The number of rotatable bonds is 3. The fourth-order valence-electron chi connectivity index (χ4n) is 7.10. The Morgan fingerprint density at radius 1 is 1.03 bits per heavy atom. The van der Waals surface area contributed by atoms with Gasteiger partial charge in [-0.05, 0) is 38.5 Å². The van der Waals surface area contributed by atoms with Crippen LogP contribution in [0.4, 0.5) is 0 Å². The highest BCUT2D eigenvalue weighted by Crippen LogP contribution is 2.60. The molecule has 6 nitrogen and oxygen atoms in total. The average molecular weight is 403 g/mol. The molecular formula is C23H38N4O2. The van der Waals surface area contributed by atoms with E-state index < -0.39 is 0 Å². The number of likely N-dealkylation sites (tertiary alicyclic amines) is 1. The second-order valence-corrected chi connectivity index (χ2v) is 10.1. The van der Waals surface area contributed by atoms with E-state index in [1.54, 1.807) is 0 Å². The van der Waals surface area contributed by atoms with Crippen LogP contribution in [0.5, 0.6) is 0 Å². The third-order valence-corrected chi connectivity index (χ3v) is 8.60. The number of carbonyl (C=O) groups excluding carboxylic acids is 1. The van der Waals surface area contributed by atoms with Gasteiger partial charge < -0.3 is 20.3 Å². The lowest BCUT2D eigenvalue weighted by Crippen LogP contribution is -2.69. The van der Waals surface area contributed by atoms with E-state index in [9.17, 15) is 4.79 Å². The first-order chi connectivity index (χ1) is 14.2. The molecule has 0 radical (unpaired) electrons. The summed E-state index contributed by atoms with van der Waals surface area (Å²) >= 11 is 0. The molecule has 2 heterocycles. The Labute approximate surface area is 175 Å². The number of fused-ring (bicyclic) bond motifs is 2. The fraction of sp³-hybridized carbons (Fsp3) is 0.913. The van der Waals surface area contributed by atoms with E-state index in [-0.39, 0.29) is 5.92 Å². The lowest BCUT2D eigenvalue weighted by Gasteiger charge is -2.57. The Kier molecular flexibility index (Phi) is 5.48. The molecule has 1 amide bonds. The van der Waals surface area contributed by atoms with Gasteiger partial charge in [0.2, 0.25) is 5.91 Å². The van der Waals surface area contributed by atoms with Crippen molar-refractivity contribution in [1.29, 1.82) is 0 Å². The zero-order valence-corrected chi connectivity index (χ0v) is 18.0. The first-order valence-corrected chi connectivity index (χ1v) is 12.1. The highest BCUT2D eigenvalue weighted by atomic mass is 16.5. The summed E-state index contributed by atoms with van der Waals surface area (Å²) in [5.41, 5.74) is 0.331. The SMILES string of the molecule is CN=C(NC1CCN(C(=O)C2CCCCC2)C1)NC1C2CCOC2C12CCCC2. The molecule has 5 fully saturated rings. The van der Waals surface area contributed by atoms with Gasteiger partial charge in [0.25, 0.3) is 0 Å². The van der Waals surface area contributed by atoms with Gasteiger partial charge in [-0.3, -0.25) is 9.79 Å². The summed E-state index contributed by atoms with van der Waals surface area (Å²) in [7, 11) is 1.87. The van der Waals surface area contributed by atoms with Gasteiger partial charge in [0, 0.05) is 56.1 Å². The first-order valence-electron chi connectivity index (χ1n) is 12.1. The Bertz CT molecular complexity index is 639. The van der Waals surface area contributed by atoms with Crippen LogP contribution in [0.3, 0.4) is 0 Å². The van der Waals surface area contributed by atoms with Crippen molar-refractivity contribution in [3.8, 4) is 0 Å². The lowest BCUT2D eigenvalue weighted by molar-refractivity contribution is -0.135. The second-order valence-electron chi connectivity index (χ2n) is 10.1. The Morgan fingerprint density at radius 2 is 1.83 bits per heavy atom. The summed E-state index contributed by atoms with van der Waals surface area (Å²) < 4.78 is 6.12. The maximum absolute atomic E-state index is 12.9. The number of hydrogen-bond acceptors (Lipinski definition) is 3. The smallest absolute Gasteiger partial charge is 0.225 e. The third kappa shape index (κ3) is 3.45. The molecule has 4 atom stereocenters. The van der Waals surface area contributed by atoms with Gasteiger partial charge in [0.05, 0.1) is 6.10 Å². The van der Waals surface area contributed by atoms with E-state index in [1.807, 2.05) is 7.05 Å². The van der Waals surface area contributed by atoms with Crippen molar-refractivity contribution in [1.82, 2.24) is 15.5 Å². The van der Waals surface area contributed by atoms with Crippen LogP contribution in [0, 0.1) is 17.3 Å². The summed E-state index contributed by atoms with van der Waals surface area (Å²) in [5.74, 6) is 2.23. The number of nitrogens with one attached hydrogen (secondary N) is 2. The van der Waals surface area contributed by atoms with Crippen LogP contribution in [-0.4, -0.2) is 61.7 Å². The summed E-state index contributed by atoms with van der Waals surface area (Å²) in [4.78, 5) is 19.5. The Balaban J connectivity index is 1.17. The lowest BCUT2D eigenvalue weighted by atomic mass is 9.54. The highest BCUT2D eigenvalue weighted by Gasteiger charge is 2.65. The van der Waals surface area contributed by atoms with Gasteiger partial charge in [0.1, 0.15) is 0 Å². The van der Waals surface area contributed by atoms with Crippen LogP contribution in [0.15, 0.2) is 4.99 Å². The van der Waals surface area contributed by atoms with Crippen molar-refractivity contribution in [3.05, 3.63) is 0 Å². The normalized spacial score (nSPS) is 36.9. The number of aliphatic imine (C=N–C) groups is 1. The van der Waals surface area contributed by atoms with E-state index in [2.05, 4.69) is 20.5 Å². The summed E-state index contributed by atoms with van der Waals surface area (Å²) in [6.07, 6.45) is 13.8. The topological polar surface area (TPSA) is 66.0 Å². The number of carbonyl (C=O) groups is 1. The monoisotopic (exact) mass is 402 g/mol. The van der Waals surface area contributed by atoms with Crippen LogP contribution in [0.2, 0.25) is 0 Å². The zero-order valence-electron chi connectivity index (χ0n) is 18.0. The minimum Gasteiger partial charge on any atom is -0.377 e. The molecule has 0 aromatic heterocycles. The van der Waals surface area contributed by atoms with Gasteiger partial charge in [-0.2, -0.15) is 0 Å². The molecule has 4 unspecified atom stereocenters. The van der Waals surface area contributed by atoms with Crippen molar-refractivity contribution in [2.24, 2.45) is 22.2 Å². The Morgan fingerprint density at radius 3 is 2.59 bits per heavy atom. The highest BCUT2D eigenvalue weighted by molar-refractivity contribution is 5.82. The molecule has 0 aromatic carbocycles. The van der Waals surface area contributed by atoms with E-state index in [1.165, 1.54) is 51.4 Å². The number of amides is 1. The predicted octanol–water partition coefficient (Wildman–Crippen LogP) is 2.68. The van der Waals surface area contributed by atoms with Crippen LogP contribution < -0.4 is 10.6 Å². The molecule has 3 saturated carbocycles. The van der Waals surface area contributed by atoms with Crippen LogP contribution in [0.1, 0.15) is 70.6 Å². The van der Waals surface area contributed by atoms with Crippen molar-refractivity contribution < 1.29 is 9.53 Å². The number of guanidine groups is 1. The largest absolute Gasteiger partial charge is 0.377 e. The maximum atomic E-state index is 12.9. The van der Waals surface area contributed by atoms with Gasteiger partial charge in [-0.15, -0.1) is 0 Å². The maximum Gasteiger partial charge on any atom is 0.225 e. The minimum absolute atomic E-state index is 0.274. The molecule has 1 spiro atoms. The van der Waals surface area contributed by atoms with E-state index in [4.69, 9.17) is 4.74 Å². The van der Waals surface area contributed by atoms with Crippen molar-refractivity contribution in [2.45, 2.75) is 88.8 Å². The molecule has 6 heteroatoms. The fourth-order valence-corrected chi connectivity index (χ4v) is 7.10. The zero-order chi connectivity index (χ0) is 19.8. The van der Waals surface area contributed by atoms with Gasteiger partial charge in [0.15, 0.2) is 5.96 Å². The molecule has 5 aliphatic rings. The van der Waals surface area contributed by atoms with Crippen LogP contribution in [0.25, 0.3) is 0 Å². The van der Waals surface area contributed by atoms with Crippen molar-refractivity contribution in [2.75, 3.05) is 26.7 Å². The van der Waals surface area contributed by atoms with Gasteiger partial charge in [-0.1, -0.05) is 32.1 Å². The number of hydrogen-bond donors (Lipinski definition) is 2. The van der Waals surface area contributed by atoms with Crippen LogP contribution in [-0.2, 0) is 9.53 Å². The summed E-state index contributed by atoms with van der Waals surface area (Å²) in [6, 6.07) is 0.800. The van der Waals surface area contributed by atoms with Crippen molar-refractivity contribution in [3.63, 3.8) is 0 Å². The van der Waals surface area contributed by atoms with E-state index in [0.717, 1.165) is 44.9 Å². The van der Waals surface area contributed by atoms with Gasteiger partial charge in [-0.25, -0.2) is 0 Å².